The van der Waals surface area contributed by atoms with Crippen LogP contribution in [0, 0.1) is 6.92 Å². The number of Topliss-reactive ketones (excluding diaryl/α,β-unsaturated/α-hetero) is 1. The van der Waals surface area contributed by atoms with E-state index in [0.29, 0.717) is 22.2 Å². The standard InChI is InChI=1S/C17H16N2O4/c1-8-4-5-13-11(6-8)16(21)12(7-23-13)15-14(10(3)20)9(2)18-17(22)19-15/h4-7,15H,1-3H3,(H2,18,19,22). The number of allylic oxidation sites excluding steroid dienone is 1. The van der Waals surface area contributed by atoms with Gasteiger partial charge in [0.15, 0.2) is 11.2 Å². The Morgan fingerprint density at radius 1 is 1.22 bits per heavy atom. The van der Waals surface area contributed by atoms with Gasteiger partial charge in [-0.3, -0.25) is 9.59 Å². The topological polar surface area (TPSA) is 88.4 Å². The summed E-state index contributed by atoms with van der Waals surface area (Å²) in [5.41, 5.74) is 2.17. The minimum absolute atomic E-state index is 0.219. The normalized spacial score (nSPS) is 17.9. The lowest BCUT2D eigenvalue weighted by Crippen LogP contribution is -2.46. The van der Waals surface area contributed by atoms with Crippen molar-refractivity contribution in [3.8, 4) is 0 Å². The zero-order chi connectivity index (χ0) is 16.7. The molecule has 118 valence electrons. The molecule has 1 aliphatic rings. The summed E-state index contributed by atoms with van der Waals surface area (Å²) >= 11 is 0. The highest BCUT2D eigenvalue weighted by molar-refractivity contribution is 5.98. The molecule has 1 aromatic carbocycles. The number of hydrogen-bond donors (Lipinski definition) is 2. The quantitative estimate of drug-likeness (QED) is 0.890. The van der Waals surface area contributed by atoms with Crippen LogP contribution in [0.15, 0.2) is 44.9 Å². The van der Waals surface area contributed by atoms with E-state index in [1.807, 2.05) is 13.0 Å². The Kier molecular flexibility index (Phi) is 3.52. The van der Waals surface area contributed by atoms with E-state index >= 15 is 0 Å². The van der Waals surface area contributed by atoms with Gasteiger partial charge in [0.1, 0.15) is 11.8 Å². The summed E-state index contributed by atoms with van der Waals surface area (Å²) in [5, 5.41) is 5.60. The highest BCUT2D eigenvalue weighted by Crippen LogP contribution is 2.26. The molecule has 1 atom stereocenters. The van der Waals surface area contributed by atoms with Gasteiger partial charge in [0.05, 0.1) is 17.0 Å². The largest absolute Gasteiger partial charge is 0.464 e. The Labute approximate surface area is 132 Å². The number of hydrogen-bond acceptors (Lipinski definition) is 4. The van der Waals surface area contributed by atoms with Gasteiger partial charge in [0, 0.05) is 11.3 Å². The van der Waals surface area contributed by atoms with Gasteiger partial charge in [0.25, 0.3) is 0 Å². The van der Waals surface area contributed by atoms with Crippen molar-refractivity contribution < 1.29 is 14.0 Å². The lowest BCUT2D eigenvalue weighted by Gasteiger charge is -2.27. The van der Waals surface area contributed by atoms with Crippen LogP contribution in [0.3, 0.4) is 0 Å². The molecule has 6 heteroatoms. The first-order valence-electron chi connectivity index (χ1n) is 7.19. The van der Waals surface area contributed by atoms with Gasteiger partial charge in [-0.25, -0.2) is 4.79 Å². The highest BCUT2D eigenvalue weighted by atomic mass is 16.3. The van der Waals surface area contributed by atoms with E-state index in [1.54, 1.807) is 19.1 Å². The lowest BCUT2D eigenvalue weighted by atomic mass is 9.93. The zero-order valence-electron chi connectivity index (χ0n) is 13.0. The predicted molar refractivity (Wildman–Crippen MR) is 85.0 cm³/mol. The maximum absolute atomic E-state index is 12.8. The van der Waals surface area contributed by atoms with E-state index < -0.39 is 12.1 Å². The molecule has 2 heterocycles. The van der Waals surface area contributed by atoms with Crippen LogP contribution in [0.25, 0.3) is 11.0 Å². The Morgan fingerprint density at radius 2 is 1.96 bits per heavy atom. The molecule has 23 heavy (non-hydrogen) atoms. The van der Waals surface area contributed by atoms with Crippen molar-refractivity contribution in [2.45, 2.75) is 26.8 Å². The van der Waals surface area contributed by atoms with Gasteiger partial charge in [-0.05, 0) is 32.9 Å². The monoisotopic (exact) mass is 312 g/mol. The molecule has 0 spiro atoms. The van der Waals surface area contributed by atoms with E-state index in [1.165, 1.54) is 13.2 Å². The number of fused-ring (bicyclic) bond motifs is 1. The van der Waals surface area contributed by atoms with Gasteiger partial charge in [-0.2, -0.15) is 0 Å². The van der Waals surface area contributed by atoms with Crippen LogP contribution < -0.4 is 16.1 Å². The fourth-order valence-electron chi connectivity index (χ4n) is 2.85. The second kappa shape index (κ2) is 5.39. The average Bonchev–Trinajstić information content (AvgIpc) is 2.47. The SMILES string of the molecule is CC(=O)C1=C(C)NC(=O)NC1c1coc2ccc(C)cc2c1=O. The molecule has 2 aromatic rings. The summed E-state index contributed by atoms with van der Waals surface area (Å²) in [6, 6.07) is 4.03. The number of nitrogens with one attached hydrogen (secondary N) is 2. The second-order valence-electron chi connectivity index (χ2n) is 5.65. The third kappa shape index (κ3) is 2.52. The molecule has 0 saturated carbocycles. The number of benzene rings is 1. The summed E-state index contributed by atoms with van der Waals surface area (Å²) in [5.74, 6) is -0.219. The highest BCUT2D eigenvalue weighted by Gasteiger charge is 2.31. The molecule has 2 amide bonds. The van der Waals surface area contributed by atoms with Crippen molar-refractivity contribution >= 4 is 22.8 Å². The van der Waals surface area contributed by atoms with E-state index in [-0.39, 0.29) is 16.8 Å². The molecule has 0 fully saturated rings. The number of aryl methyl sites for hydroxylation is 1. The van der Waals surface area contributed by atoms with Gasteiger partial charge in [0.2, 0.25) is 0 Å². The number of urea groups is 1. The van der Waals surface area contributed by atoms with Crippen LogP contribution in [0.5, 0.6) is 0 Å². The van der Waals surface area contributed by atoms with Gasteiger partial charge < -0.3 is 15.1 Å². The van der Waals surface area contributed by atoms with Gasteiger partial charge in [-0.1, -0.05) is 11.6 Å². The fraction of sp³-hybridized carbons (Fsp3) is 0.235. The molecule has 3 rings (SSSR count). The zero-order valence-corrected chi connectivity index (χ0v) is 13.0. The summed E-state index contributed by atoms with van der Waals surface area (Å²) in [6.45, 7) is 4.91. The third-order valence-corrected chi connectivity index (χ3v) is 3.91. The van der Waals surface area contributed by atoms with Crippen LogP contribution in [-0.2, 0) is 4.79 Å². The number of carbonyl (C=O) groups excluding carboxylic acids is 2. The second-order valence-corrected chi connectivity index (χ2v) is 5.65. The smallest absolute Gasteiger partial charge is 0.319 e. The number of carbonyl (C=O) groups is 2. The molecular formula is C17H16N2O4. The first-order chi connectivity index (χ1) is 10.9. The number of ketones is 1. The molecule has 0 bridgehead atoms. The fourth-order valence-corrected chi connectivity index (χ4v) is 2.85. The Balaban J connectivity index is 2.24. The van der Waals surface area contributed by atoms with E-state index in [2.05, 4.69) is 10.6 Å². The molecule has 1 unspecified atom stereocenters. The van der Waals surface area contributed by atoms with Crippen LogP contribution in [-0.4, -0.2) is 11.8 Å². The minimum atomic E-state index is -0.817. The average molecular weight is 312 g/mol. The van der Waals surface area contributed by atoms with Crippen LogP contribution in [0.2, 0.25) is 0 Å². The minimum Gasteiger partial charge on any atom is -0.464 e. The first kappa shape index (κ1) is 15.0. The summed E-state index contributed by atoms with van der Waals surface area (Å²) < 4.78 is 5.52. The van der Waals surface area contributed by atoms with Crippen LogP contribution in [0.4, 0.5) is 4.79 Å². The van der Waals surface area contributed by atoms with Crippen molar-refractivity contribution in [2.75, 3.05) is 0 Å². The lowest BCUT2D eigenvalue weighted by molar-refractivity contribution is -0.114. The van der Waals surface area contributed by atoms with Gasteiger partial charge >= 0.3 is 6.03 Å². The Hall–Kier alpha value is -2.89. The maximum atomic E-state index is 12.8. The predicted octanol–water partition coefficient (Wildman–Crippen LogP) is 2.32. The van der Waals surface area contributed by atoms with Crippen molar-refractivity contribution in [3.05, 3.63) is 57.1 Å². The van der Waals surface area contributed by atoms with E-state index in [4.69, 9.17) is 4.42 Å². The summed E-state index contributed by atoms with van der Waals surface area (Å²) in [6.07, 6.45) is 1.31. The molecule has 1 aromatic heterocycles. The van der Waals surface area contributed by atoms with E-state index in [0.717, 1.165) is 5.56 Å². The molecule has 2 N–H and O–H groups in total. The van der Waals surface area contributed by atoms with Crippen LogP contribution in [0.1, 0.15) is 31.0 Å². The van der Waals surface area contributed by atoms with Crippen molar-refractivity contribution in [3.63, 3.8) is 0 Å². The van der Waals surface area contributed by atoms with Crippen molar-refractivity contribution in [1.29, 1.82) is 0 Å². The molecule has 0 aliphatic carbocycles. The summed E-state index contributed by atoms with van der Waals surface area (Å²) in [4.78, 5) is 36.5. The molecule has 1 aliphatic heterocycles. The van der Waals surface area contributed by atoms with Gasteiger partial charge in [-0.15, -0.1) is 0 Å². The summed E-state index contributed by atoms with van der Waals surface area (Å²) in [7, 11) is 0. The molecule has 6 nitrogen and oxygen atoms in total. The first-order valence-corrected chi connectivity index (χ1v) is 7.19. The Bertz CT molecular complexity index is 924. The number of amides is 2. The molecule has 0 saturated heterocycles. The third-order valence-electron chi connectivity index (χ3n) is 3.91. The molecule has 0 radical (unpaired) electrons. The maximum Gasteiger partial charge on any atom is 0.319 e. The van der Waals surface area contributed by atoms with Crippen LogP contribution >= 0.6 is 0 Å². The van der Waals surface area contributed by atoms with Crippen molar-refractivity contribution in [2.24, 2.45) is 0 Å². The van der Waals surface area contributed by atoms with E-state index in [9.17, 15) is 14.4 Å². The van der Waals surface area contributed by atoms with Crippen molar-refractivity contribution in [1.82, 2.24) is 10.6 Å². The number of rotatable bonds is 2. The molecular weight excluding hydrogens is 296 g/mol. The Morgan fingerprint density at radius 3 is 2.65 bits per heavy atom.